The molecule has 2 aromatic heterocycles. The first-order chi connectivity index (χ1) is 10.2. The number of halogens is 1. The molecule has 0 spiro atoms. The van der Waals surface area contributed by atoms with Gasteiger partial charge in [0.15, 0.2) is 0 Å². The molecule has 0 radical (unpaired) electrons. The van der Waals surface area contributed by atoms with Crippen molar-refractivity contribution in [2.45, 2.75) is 18.9 Å². The number of nitrogens with zero attached hydrogens (tertiary/aromatic N) is 2. The van der Waals surface area contributed by atoms with Gasteiger partial charge in [-0.15, -0.1) is 0 Å². The molecule has 0 saturated carbocycles. The first kappa shape index (κ1) is 12.7. The van der Waals surface area contributed by atoms with Gasteiger partial charge in [0, 0.05) is 42.0 Å². The SMILES string of the molecule is O=c1c(-c2cncc([18F])c2)ccc2n1CC1CNCC2C1. The van der Waals surface area contributed by atoms with Gasteiger partial charge in [-0.1, -0.05) is 0 Å². The molecule has 1 N–H and O–H groups in total. The van der Waals surface area contributed by atoms with Gasteiger partial charge in [0.1, 0.15) is 5.82 Å². The van der Waals surface area contributed by atoms with E-state index in [1.54, 1.807) is 6.07 Å². The van der Waals surface area contributed by atoms with Gasteiger partial charge < -0.3 is 9.88 Å². The third kappa shape index (κ3) is 2.08. The van der Waals surface area contributed by atoms with E-state index >= 15 is 0 Å². The molecule has 2 unspecified atom stereocenters. The number of aromatic nitrogens is 2. The van der Waals surface area contributed by atoms with E-state index in [-0.39, 0.29) is 5.56 Å². The van der Waals surface area contributed by atoms with E-state index in [1.807, 2.05) is 10.6 Å². The van der Waals surface area contributed by atoms with E-state index in [1.165, 1.54) is 12.3 Å². The summed E-state index contributed by atoms with van der Waals surface area (Å²) in [6.07, 6.45) is 3.83. The van der Waals surface area contributed by atoms with Crippen LogP contribution >= 0.6 is 0 Å². The molecule has 2 atom stereocenters. The Balaban J connectivity index is 1.86. The minimum Gasteiger partial charge on any atom is -0.316 e. The lowest BCUT2D eigenvalue weighted by Crippen LogP contribution is -2.45. The highest BCUT2D eigenvalue weighted by Crippen LogP contribution is 2.32. The molecule has 4 heterocycles. The summed E-state index contributed by atoms with van der Waals surface area (Å²) in [5.74, 6) is 0.496. The van der Waals surface area contributed by atoms with Crippen molar-refractivity contribution in [2.75, 3.05) is 13.1 Å². The van der Waals surface area contributed by atoms with Crippen molar-refractivity contribution in [3.8, 4) is 11.1 Å². The van der Waals surface area contributed by atoms with Crippen LogP contribution in [0.2, 0.25) is 0 Å². The summed E-state index contributed by atoms with van der Waals surface area (Å²) in [4.78, 5) is 16.6. The van der Waals surface area contributed by atoms with Crippen LogP contribution in [0, 0.1) is 11.7 Å². The zero-order valence-electron chi connectivity index (χ0n) is 11.6. The third-order valence-corrected chi connectivity index (χ3v) is 4.52. The Labute approximate surface area is 121 Å². The first-order valence-electron chi connectivity index (χ1n) is 7.28. The largest absolute Gasteiger partial charge is 0.316 e. The topological polar surface area (TPSA) is 46.9 Å². The van der Waals surface area contributed by atoms with E-state index in [9.17, 15) is 9.18 Å². The third-order valence-electron chi connectivity index (χ3n) is 4.52. The Hall–Kier alpha value is -2.01. The Morgan fingerprint density at radius 1 is 1.29 bits per heavy atom. The van der Waals surface area contributed by atoms with Crippen LogP contribution in [-0.2, 0) is 6.54 Å². The molecular formula is C16H16FN3O. The Bertz CT molecular complexity index is 755. The van der Waals surface area contributed by atoms with Crippen molar-refractivity contribution in [3.63, 3.8) is 0 Å². The summed E-state index contributed by atoms with van der Waals surface area (Å²) in [5, 5.41) is 3.43. The summed E-state index contributed by atoms with van der Waals surface area (Å²) < 4.78 is 15.2. The van der Waals surface area contributed by atoms with E-state index in [0.717, 1.165) is 37.9 Å². The maximum atomic E-state index is 13.3. The predicted octanol–water partition coefficient (Wildman–Crippen LogP) is 1.76. The van der Waals surface area contributed by atoms with Crippen molar-refractivity contribution in [1.82, 2.24) is 14.9 Å². The number of piperidine rings is 1. The lowest BCUT2D eigenvalue weighted by atomic mass is 9.84. The summed E-state index contributed by atoms with van der Waals surface area (Å²) in [5.41, 5.74) is 2.14. The molecule has 2 bridgehead atoms. The normalized spacial score (nSPS) is 23.7. The standard InChI is InChI=1S/C16H16FN3O/c17-13-4-11(6-19-8-13)14-1-2-15-12-3-10(5-18-7-12)9-20(15)16(14)21/h1-2,4,6,8,10,12,18H,3,5,7,9H2/i17-1. The van der Waals surface area contributed by atoms with Crippen LogP contribution in [0.25, 0.3) is 11.1 Å². The molecule has 2 aromatic rings. The Kier molecular flexibility index (Phi) is 2.89. The molecule has 0 aromatic carbocycles. The molecule has 2 aliphatic rings. The second kappa shape index (κ2) is 4.77. The van der Waals surface area contributed by atoms with E-state index in [0.29, 0.717) is 23.0 Å². The van der Waals surface area contributed by atoms with Gasteiger partial charge in [-0.25, -0.2) is 4.39 Å². The summed E-state index contributed by atoms with van der Waals surface area (Å²) in [7, 11) is 0. The fraction of sp³-hybridized carbons (Fsp3) is 0.375. The van der Waals surface area contributed by atoms with Crippen LogP contribution in [-0.4, -0.2) is 22.6 Å². The highest BCUT2D eigenvalue weighted by Gasteiger charge is 2.31. The van der Waals surface area contributed by atoms with Crippen molar-refractivity contribution in [1.29, 1.82) is 0 Å². The van der Waals surface area contributed by atoms with Crippen LogP contribution in [0.15, 0.2) is 35.4 Å². The van der Waals surface area contributed by atoms with E-state index in [2.05, 4.69) is 10.3 Å². The second-order valence-electron chi connectivity index (χ2n) is 5.94. The maximum Gasteiger partial charge on any atom is 0.258 e. The quantitative estimate of drug-likeness (QED) is 0.868. The molecule has 2 aliphatic heterocycles. The van der Waals surface area contributed by atoms with Crippen LogP contribution in [0.1, 0.15) is 18.0 Å². The van der Waals surface area contributed by atoms with Crippen molar-refractivity contribution < 1.29 is 4.39 Å². The van der Waals surface area contributed by atoms with Crippen LogP contribution < -0.4 is 10.9 Å². The highest BCUT2D eigenvalue weighted by atomic mass is 18.2. The smallest absolute Gasteiger partial charge is 0.258 e. The number of pyridine rings is 2. The Morgan fingerprint density at radius 3 is 3.05 bits per heavy atom. The van der Waals surface area contributed by atoms with Gasteiger partial charge in [-0.05, 0) is 37.1 Å². The lowest BCUT2D eigenvalue weighted by molar-refractivity contribution is 0.257. The number of nitrogens with one attached hydrogen (secondary N) is 1. The number of hydrogen-bond acceptors (Lipinski definition) is 3. The number of fused-ring (bicyclic) bond motifs is 4. The molecule has 4 rings (SSSR count). The van der Waals surface area contributed by atoms with Gasteiger partial charge in [0.2, 0.25) is 0 Å². The van der Waals surface area contributed by atoms with E-state index in [4.69, 9.17) is 0 Å². The van der Waals surface area contributed by atoms with Gasteiger partial charge in [-0.3, -0.25) is 9.78 Å². The Morgan fingerprint density at radius 2 is 2.19 bits per heavy atom. The molecule has 108 valence electrons. The van der Waals surface area contributed by atoms with Crippen molar-refractivity contribution in [2.24, 2.45) is 5.92 Å². The van der Waals surface area contributed by atoms with Gasteiger partial charge >= 0.3 is 0 Å². The van der Waals surface area contributed by atoms with Crippen molar-refractivity contribution in [3.05, 3.63) is 52.5 Å². The number of rotatable bonds is 1. The number of hydrogen-bond donors (Lipinski definition) is 1. The lowest BCUT2D eigenvalue weighted by Gasteiger charge is -2.37. The summed E-state index contributed by atoms with van der Waals surface area (Å²) in [6.45, 7) is 2.64. The molecular weight excluding hydrogens is 268 g/mol. The zero-order valence-corrected chi connectivity index (χ0v) is 11.6. The maximum absolute atomic E-state index is 13.3. The summed E-state index contributed by atoms with van der Waals surface area (Å²) >= 11 is 0. The molecule has 5 heteroatoms. The average molecular weight is 284 g/mol. The molecule has 0 aliphatic carbocycles. The minimum atomic E-state index is -0.421. The fourth-order valence-corrected chi connectivity index (χ4v) is 3.57. The fourth-order valence-electron chi connectivity index (χ4n) is 3.57. The van der Waals surface area contributed by atoms with Crippen LogP contribution in [0.4, 0.5) is 4.39 Å². The second-order valence-corrected chi connectivity index (χ2v) is 5.94. The average Bonchev–Trinajstić information content (AvgIpc) is 2.49. The molecule has 21 heavy (non-hydrogen) atoms. The first-order valence-corrected chi connectivity index (χ1v) is 7.28. The molecule has 1 fully saturated rings. The molecule has 0 amide bonds. The zero-order chi connectivity index (χ0) is 14.4. The molecule has 1 saturated heterocycles. The minimum absolute atomic E-state index is 0.0310. The molecule has 4 nitrogen and oxygen atoms in total. The van der Waals surface area contributed by atoms with Gasteiger partial charge in [0.05, 0.1) is 6.20 Å². The van der Waals surface area contributed by atoms with Gasteiger partial charge in [-0.2, -0.15) is 0 Å². The van der Waals surface area contributed by atoms with E-state index < -0.39 is 5.82 Å². The van der Waals surface area contributed by atoms with Crippen LogP contribution in [0.5, 0.6) is 0 Å². The predicted molar refractivity (Wildman–Crippen MR) is 77.6 cm³/mol. The summed E-state index contributed by atoms with van der Waals surface area (Å²) in [6, 6.07) is 5.18. The van der Waals surface area contributed by atoms with Crippen molar-refractivity contribution >= 4 is 0 Å². The monoisotopic (exact) mass is 284 g/mol. The highest BCUT2D eigenvalue weighted by molar-refractivity contribution is 5.61. The van der Waals surface area contributed by atoms with Crippen LogP contribution in [0.3, 0.4) is 0 Å². The van der Waals surface area contributed by atoms with Gasteiger partial charge in [0.25, 0.3) is 5.56 Å².